The van der Waals surface area contributed by atoms with Crippen LogP contribution in [0.3, 0.4) is 0 Å². The molecule has 8 bridgehead atoms. The first-order chi connectivity index (χ1) is 29.4. The van der Waals surface area contributed by atoms with Crippen LogP contribution < -0.4 is 4.74 Å². The largest absolute Gasteiger partial charge is 0.497 e. The standard InChI is InChI=1S/C52H38N4O4/c1-30(2)60-52-49(50(57)35-16-10-11-17-36(35)51(52)58)48-43-28-26-39(55-43)45(31-12-6-4-7-13-31)37-22-24-41(53-37)47(33-18-20-34(59-3)21-19-33)42-25-23-38(54-42)46(32-14-8-5-9-15-32)40-27-29-44(48)56-40/h4-30,53,56H,1-3H3. The molecule has 0 unspecified atom stereocenters. The Balaban J connectivity index is 1.39. The van der Waals surface area contributed by atoms with Crippen LogP contribution in [0.2, 0.25) is 0 Å². The van der Waals surface area contributed by atoms with Crippen molar-refractivity contribution in [3.8, 4) is 39.1 Å². The maximum atomic E-state index is 14.9. The molecule has 60 heavy (non-hydrogen) atoms. The van der Waals surface area contributed by atoms with E-state index in [9.17, 15) is 9.59 Å². The maximum Gasteiger partial charge on any atom is 0.229 e. The number of ether oxygens (including phenoxy) is 2. The summed E-state index contributed by atoms with van der Waals surface area (Å²) in [5.41, 5.74) is 12.5. The number of hydrogen-bond donors (Lipinski definition) is 2. The second kappa shape index (κ2) is 14.8. The first kappa shape index (κ1) is 36.5. The van der Waals surface area contributed by atoms with E-state index in [1.807, 2.05) is 111 Å². The number of nitrogens with one attached hydrogen (secondary N) is 2. The van der Waals surface area contributed by atoms with Crippen molar-refractivity contribution < 1.29 is 19.1 Å². The van der Waals surface area contributed by atoms with Gasteiger partial charge in [0.05, 0.1) is 41.6 Å². The van der Waals surface area contributed by atoms with E-state index in [1.165, 1.54) is 0 Å². The Morgan fingerprint density at radius 2 is 0.867 bits per heavy atom. The number of carbonyl (C=O) groups excluding carboxylic acids is 2. The minimum Gasteiger partial charge on any atom is -0.497 e. The Morgan fingerprint density at radius 1 is 0.467 bits per heavy atom. The van der Waals surface area contributed by atoms with Crippen LogP contribution in [-0.2, 0) is 4.74 Å². The predicted octanol–water partition coefficient (Wildman–Crippen LogP) is 11.9. The Bertz CT molecular complexity index is 3110. The highest BCUT2D eigenvalue weighted by molar-refractivity contribution is 6.41. The van der Waals surface area contributed by atoms with Gasteiger partial charge in [0.2, 0.25) is 5.78 Å². The molecule has 290 valence electrons. The van der Waals surface area contributed by atoms with Crippen molar-refractivity contribution in [3.63, 3.8) is 0 Å². The van der Waals surface area contributed by atoms with E-state index in [-0.39, 0.29) is 29.0 Å². The number of aromatic amines is 2. The average Bonchev–Trinajstić information content (AvgIpc) is 4.13. The molecule has 4 aromatic carbocycles. The van der Waals surface area contributed by atoms with Crippen molar-refractivity contribution in [2.24, 2.45) is 0 Å². The van der Waals surface area contributed by atoms with Crippen molar-refractivity contribution in [3.05, 3.63) is 179 Å². The molecule has 0 saturated heterocycles. The lowest BCUT2D eigenvalue weighted by atomic mass is 9.84. The van der Waals surface area contributed by atoms with Crippen molar-refractivity contribution in [1.29, 1.82) is 0 Å². The molecule has 0 fully saturated rings. The summed E-state index contributed by atoms with van der Waals surface area (Å²) in [4.78, 5) is 47.4. The zero-order valence-electron chi connectivity index (χ0n) is 33.1. The molecule has 8 nitrogen and oxygen atoms in total. The molecule has 0 radical (unpaired) electrons. The Morgan fingerprint density at radius 3 is 1.32 bits per heavy atom. The van der Waals surface area contributed by atoms with E-state index in [1.54, 1.807) is 31.4 Å². The fourth-order valence-electron chi connectivity index (χ4n) is 8.27. The number of aromatic nitrogens is 4. The topological polar surface area (TPSA) is 110 Å². The van der Waals surface area contributed by atoms with E-state index < -0.39 is 0 Å². The summed E-state index contributed by atoms with van der Waals surface area (Å²) in [5.74, 6) is 0.0884. The second-order valence-corrected chi connectivity index (χ2v) is 15.0. The van der Waals surface area contributed by atoms with Crippen molar-refractivity contribution in [2.45, 2.75) is 20.0 Å². The first-order valence-electron chi connectivity index (χ1n) is 19.9. The number of fused-ring (bicyclic) bond motifs is 9. The van der Waals surface area contributed by atoms with Crippen LogP contribution in [0.5, 0.6) is 5.75 Å². The summed E-state index contributed by atoms with van der Waals surface area (Å²) in [7, 11) is 1.66. The number of methoxy groups -OCH3 is 1. The van der Waals surface area contributed by atoms with E-state index in [0.717, 1.165) is 67.1 Å². The van der Waals surface area contributed by atoms with E-state index >= 15 is 0 Å². The molecular formula is C52H38N4O4. The van der Waals surface area contributed by atoms with Gasteiger partial charge in [-0.25, -0.2) is 9.97 Å². The van der Waals surface area contributed by atoms with Crippen LogP contribution in [0.15, 0.2) is 139 Å². The summed E-state index contributed by atoms with van der Waals surface area (Å²) in [6, 6.07) is 43.2. The third-order valence-corrected chi connectivity index (χ3v) is 10.9. The molecule has 2 aliphatic heterocycles. The van der Waals surface area contributed by atoms with Gasteiger partial charge in [0.1, 0.15) is 5.75 Å². The third-order valence-electron chi connectivity index (χ3n) is 10.9. The van der Waals surface area contributed by atoms with Gasteiger partial charge in [-0.15, -0.1) is 0 Å². The van der Waals surface area contributed by atoms with Crippen molar-refractivity contribution >= 4 is 63.5 Å². The summed E-state index contributed by atoms with van der Waals surface area (Å²) in [6.45, 7) is 3.70. The molecular weight excluding hydrogens is 745 g/mol. The molecule has 8 heteroatoms. The normalized spacial score (nSPS) is 13.3. The number of carbonyl (C=O) groups is 2. The Labute approximate surface area is 346 Å². The van der Waals surface area contributed by atoms with Crippen LogP contribution in [0.1, 0.15) is 62.9 Å². The van der Waals surface area contributed by atoms with Gasteiger partial charge < -0.3 is 19.4 Å². The van der Waals surface area contributed by atoms with Crippen molar-refractivity contribution in [1.82, 2.24) is 19.9 Å². The summed E-state index contributed by atoms with van der Waals surface area (Å²) < 4.78 is 11.8. The summed E-state index contributed by atoms with van der Waals surface area (Å²) in [5, 5.41) is 0. The Kier molecular flexibility index (Phi) is 9.02. The minimum absolute atomic E-state index is 0.00344. The molecule has 3 aromatic heterocycles. The smallest absolute Gasteiger partial charge is 0.229 e. The number of ketones is 2. The molecule has 5 heterocycles. The molecule has 0 amide bonds. The molecule has 0 spiro atoms. The maximum absolute atomic E-state index is 14.9. The van der Waals surface area contributed by atoms with Gasteiger partial charge in [0.15, 0.2) is 11.5 Å². The second-order valence-electron chi connectivity index (χ2n) is 15.0. The van der Waals surface area contributed by atoms with E-state index in [2.05, 4.69) is 46.4 Å². The van der Waals surface area contributed by atoms with Crippen LogP contribution in [-0.4, -0.2) is 44.7 Å². The minimum atomic E-state index is -0.387. The van der Waals surface area contributed by atoms with E-state index in [0.29, 0.717) is 33.6 Å². The molecule has 0 saturated carbocycles. The SMILES string of the molecule is COc1ccc(-c2c3nc(c(-c4ccccc4)c4ccc([nH]4)c(C4=C(OC(C)C)C(=O)c5ccccc5C4=O)c4nc(c(-c5ccccc5)c5ccc2[nH]5)C=C4)C=C3)cc1. The summed E-state index contributed by atoms with van der Waals surface area (Å²) in [6.07, 6.45) is 7.58. The van der Waals surface area contributed by atoms with Gasteiger partial charge >= 0.3 is 0 Å². The lowest BCUT2D eigenvalue weighted by Gasteiger charge is -2.23. The Hall–Kier alpha value is -7.84. The number of allylic oxidation sites excluding steroid dienone is 2. The zero-order valence-corrected chi connectivity index (χ0v) is 33.1. The number of rotatable bonds is 7. The van der Waals surface area contributed by atoms with Gasteiger partial charge in [-0.2, -0.15) is 0 Å². The van der Waals surface area contributed by atoms with Gasteiger partial charge in [-0.05, 0) is 91.2 Å². The van der Waals surface area contributed by atoms with Crippen LogP contribution in [0, 0.1) is 0 Å². The number of H-pyrrole nitrogens is 2. The summed E-state index contributed by atoms with van der Waals surface area (Å²) >= 11 is 0. The number of Topliss-reactive ketones (excluding diaryl/α,β-unsaturated/α-hetero) is 2. The first-order valence-corrected chi connectivity index (χ1v) is 19.9. The molecule has 10 rings (SSSR count). The van der Waals surface area contributed by atoms with Gasteiger partial charge in [-0.1, -0.05) is 97.1 Å². The number of hydrogen-bond acceptors (Lipinski definition) is 6. The fraction of sp³-hybridized carbons (Fsp3) is 0.0769. The zero-order chi connectivity index (χ0) is 40.9. The lowest BCUT2D eigenvalue weighted by Crippen LogP contribution is -2.25. The van der Waals surface area contributed by atoms with E-state index in [4.69, 9.17) is 19.4 Å². The third kappa shape index (κ3) is 6.26. The quantitative estimate of drug-likeness (QED) is 0.167. The molecule has 2 N–H and O–H groups in total. The predicted molar refractivity (Wildman–Crippen MR) is 240 cm³/mol. The highest BCUT2D eigenvalue weighted by Gasteiger charge is 2.37. The highest BCUT2D eigenvalue weighted by Crippen LogP contribution is 2.41. The molecule has 3 aliphatic rings. The molecule has 1 aliphatic carbocycles. The number of nitrogens with zero attached hydrogens (tertiary/aromatic N) is 2. The van der Waals surface area contributed by atoms with Gasteiger partial charge in [-0.3, -0.25) is 9.59 Å². The van der Waals surface area contributed by atoms with Crippen LogP contribution in [0.25, 0.3) is 85.3 Å². The van der Waals surface area contributed by atoms with Crippen molar-refractivity contribution in [2.75, 3.05) is 7.11 Å². The highest BCUT2D eigenvalue weighted by atomic mass is 16.5. The lowest BCUT2D eigenvalue weighted by molar-refractivity contribution is 0.0821. The van der Waals surface area contributed by atoms with Gasteiger partial charge in [0, 0.05) is 55.4 Å². The molecule has 7 aromatic rings. The average molecular weight is 783 g/mol. The van der Waals surface area contributed by atoms with Crippen LogP contribution in [0.4, 0.5) is 0 Å². The fourth-order valence-corrected chi connectivity index (χ4v) is 8.27. The molecule has 0 atom stereocenters. The van der Waals surface area contributed by atoms with Gasteiger partial charge in [0.25, 0.3) is 0 Å². The van der Waals surface area contributed by atoms with Crippen LogP contribution >= 0.6 is 0 Å². The monoisotopic (exact) mass is 782 g/mol. The number of benzene rings is 4.